The maximum Gasteiger partial charge on any atom is 0.490 e. The van der Waals surface area contributed by atoms with Crippen molar-refractivity contribution in [3.63, 3.8) is 0 Å². The predicted octanol–water partition coefficient (Wildman–Crippen LogP) is 2.53. The molecule has 1 spiro atoms. The molecule has 2 saturated heterocycles. The lowest BCUT2D eigenvalue weighted by atomic mass is 9.95. The quantitative estimate of drug-likeness (QED) is 0.727. The van der Waals surface area contributed by atoms with Crippen molar-refractivity contribution >= 4 is 27.8 Å². The van der Waals surface area contributed by atoms with Crippen molar-refractivity contribution in [1.82, 2.24) is 9.29 Å². The number of sulfonamides is 1. The van der Waals surface area contributed by atoms with Gasteiger partial charge in [0.2, 0.25) is 10.0 Å². The first-order valence-corrected chi connectivity index (χ1v) is 11.3. The number of carbonyl (C=O) groups is 1. The molecule has 1 atom stereocenters. The average molecular weight is 457 g/mol. The average Bonchev–Trinajstić information content (AvgIpc) is 3.04. The second-order valence-electron chi connectivity index (χ2n) is 7.12. The number of hydrogen-bond acceptors (Lipinski definition) is 6. The minimum atomic E-state index is -5.08. The monoisotopic (exact) mass is 456 g/mol. The number of rotatable bonds is 5. The summed E-state index contributed by atoms with van der Waals surface area (Å²) < 4.78 is 63.6. The Kier molecular flexibility index (Phi) is 7.57. The molecule has 0 aromatic carbocycles. The molecule has 1 aromatic heterocycles. The Morgan fingerprint density at radius 3 is 2.52 bits per heavy atom. The molecule has 0 radical (unpaired) electrons. The van der Waals surface area contributed by atoms with Crippen LogP contribution in [0.2, 0.25) is 0 Å². The third-order valence-corrected chi connectivity index (χ3v) is 8.24. The molecule has 0 bridgehead atoms. The Labute approximate surface area is 171 Å². The standard InChI is InChI=1S/C15H22N2O3S2.C2HF3O2/c1-12(2)22(18,19)17-10-15(11-17)7-14(9-21-15)20-8-13-5-3-4-6-16-13;3-2(4,5)1(6)7/h3-6,12,14H,7-11H2,1-2H3;(H,6,7). The first-order chi connectivity index (χ1) is 13.4. The van der Waals surface area contributed by atoms with Crippen molar-refractivity contribution in [3.05, 3.63) is 30.1 Å². The SMILES string of the molecule is CC(C)S(=O)(=O)N1CC2(CC(OCc3ccccn3)CS2)C1.O=C(O)C(F)(F)F. The number of pyridine rings is 1. The number of carboxylic acids is 1. The van der Waals surface area contributed by atoms with E-state index in [0.717, 1.165) is 17.9 Å². The van der Waals surface area contributed by atoms with Gasteiger partial charge >= 0.3 is 12.1 Å². The molecule has 164 valence electrons. The van der Waals surface area contributed by atoms with Crippen molar-refractivity contribution in [2.75, 3.05) is 18.8 Å². The lowest BCUT2D eigenvalue weighted by molar-refractivity contribution is -0.192. The van der Waals surface area contributed by atoms with Crippen molar-refractivity contribution in [3.8, 4) is 0 Å². The van der Waals surface area contributed by atoms with Gasteiger partial charge in [-0.05, 0) is 32.4 Å². The Bertz CT molecular complexity index is 797. The third-order valence-electron chi connectivity index (χ3n) is 4.50. The molecule has 2 aliphatic heterocycles. The number of alkyl halides is 3. The lowest BCUT2D eigenvalue weighted by Crippen LogP contribution is -2.61. The predicted molar refractivity (Wildman–Crippen MR) is 102 cm³/mol. The summed E-state index contributed by atoms with van der Waals surface area (Å²) in [6.07, 6.45) is -2.20. The number of nitrogens with zero attached hydrogens (tertiary/aromatic N) is 2. The summed E-state index contributed by atoms with van der Waals surface area (Å²) in [7, 11) is -3.11. The van der Waals surface area contributed by atoms with Gasteiger partial charge in [0.1, 0.15) is 0 Å². The molecule has 1 N–H and O–H groups in total. The van der Waals surface area contributed by atoms with Crippen molar-refractivity contribution < 1.29 is 36.2 Å². The van der Waals surface area contributed by atoms with Crippen molar-refractivity contribution in [2.24, 2.45) is 0 Å². The van der Waals surface area contributed by atoms with E-state index in [9.17, 15) is 21.6 Å². The van der Waals surface area contributed by atoms with Gasteiger partial charge in [-0.1, -0.05) is 6.07 Å². The Balaban J connectivity index is 0.000000370. The molecule has 1 aromatic rings. The van der Waals surface area contributed by atoms with Gasteiger partial charge in [-0.15, -0.1) is 11.8 Å². The second kappa shape index (κ2) is 9.19. The van der Waals surface area contributed by atoms with E-state index < -0.39 is 22.2 Å². The van der Waals surface area contributed by atoms with Crippen LogP contribution in [0.4, 0.5) is 13.2 Å². The Hall–Kier alpha value is -1.37. The molecule has 3 heterocycles. The van der Waals surface area contributed by atoms with Gasteiger partial charge in [0, 0.05) is 29.8 Å². The highest BCUT2D eigenvalue weighted by Gasteiger charge is 2.53. The van der Waals surface area contributed by atoms with Gasteiger partial charge in [0.05, 0.1) is 23.7 Å². The van der Waals surface area contributed by atoms with E-state index in [4.69, 9.17) is 14.6 Å². The lowest BCUT2D eigenvalue weighted by Gasteiger charge is -2.47. The summed E-state index contributed by atoms with van der Waals surface area (Å²) in [6.45, 7) is 5.25. The van der Waals surface area contributed by atoms with Crippen LogP contribution in [0.15, 0.2) is 24.4 Å². The van der Waals surface area contributed by atoms with Crippen LogP contribution in [0, 0.1) is 0 Å². The maximum atomic E-state index is 12.1. The van der Waals surface area contributed by atoms with Crippen LogP contribution in [-0.4, -0.2) is 69.9 Å². The van der Waals surface area contributed by atoms with Crippen molar-refractivity contribution in [2.45, 2.75) is 49.2 Å². The molecule has 29 heavy (non-hydrogen) atoms. The molecule has 1 unspecified atom stereocenters. The van der Waals surface area contributed by atoms with Crippen LogP contribution in [0.25, 0.3) is 0 Å². The number of carboxylic acid groups (broad SMARTS) is 1. The molecule has 3 rings (SSSR count). The van der Waals surface area contributed by atoms with Gasteiger partial charge < -0.3 is 9.84 Å². The van der Waals surface area contributed by atoms with Gasteiger partial charge in [-0.3, -0.25) is 4.98 Å². The zero-order chi connectivity index (χ0) is 21.9. The normalized spacial score (nSPS) is 21.5. The first-order valence-electron chi connectivity index (χ1n) is 8.80. The highest BCUT2D eigenvalue weighted by molar-refractivity contribution is 8.01. The number of thioether (sulfide) groups is 1. The fourth-order valence-electron chi connectivity index (χ4n) is 2.89. The van der Waals surface area contributed by atoms with Crippen LogP contribution in [0.3, 0.4) is 0 Å². The van der Waals surface area contributed by atoms with Crippen LogP contribution in [-0.2, 0) is 26.2 Å². The van der Waals surface area contributed by atoms with Gasteiger partial charge in [0.25, 0.3) is 0 Å². The van der Waals surface area contributed by atoms with E-state index in [1.807, 2.05) is 30.0 Å². The first kappa shape index (κ1) is 23.9. The summed E-state index contributed by atoms with van der Waals surface area (Å²) >= 11 is 1.85. The van der Waals surface area contributed by atoms with Crippen LogP contribution in [0.1, 0.15) is 26.0 Å². The highest BCUT2D eigenvalue weighted by Crippen LogP contribution is 2.47. The molecule has 2 aliphatic rings. The third kappa shape index (κ3) is 6.30. The zero-order valence-corrected chi connectivity index (χ0v) is 17.6. The van der Waals surface area contributed by atoms with E-state index in [1.54, 1.807) is 24.3 Å². The Morgan fingerprint density at radius 2 is 2.03 bits per heavy atom. The number of aromatic nitrogens is 1. The zero-order valence-electron chi connectivity index (χ0n) is 15.9. The Morgan fingerprint density at radius 1 is 1.41 bits per heavy atom. The van der Waals surface area contributed by atoms with Crippen LogP contribution >= 0.6 is 11.8 Å². The van der Waals surface area contributed by atoms with E-state index in [2.05, 4.69) is 4.98 Å². The van der Waals surface area contributed by atoms with Crippen molar-refractivity contribution in [1.29, 1.82) is 0 Å². The van der Waals surface area contributed by atoms with E-state index in [-0.39, 0.29) is 16.1 Å². The topological polar surface area (TPSA) is 96.8 Å². The maximum absolute atomic E-state index is 12.1. The number of ether oxygens (including phenoxy) is 1. The summed E-state index contributed by atoms with van der Waals surface area (Å²) in [5.41, 5.74) is 0.936. The van der Waals surface area contributed by atoms with E-state index in [1.165, 1.54) is 0 Å². The summed E-state index contributed by atoms with van der Waals surface area (Å²) in [6, 6.07) is 5.80. The van der Waals surface area contributed by atoms with E-state index in [0.29, 0.717) is 19.7 Å². The molecular weight excluding hydrogens is 433 g/mol. The fraction of sp³-hybridized carbons (Fsp3) is 0.647. The molecule has 0 amide bonds. The fourth-order valence-corrected chi connectivity index (χ4v) is 6.06. The largest absolute Gasteiger partial charge is 0.490 e. The molecule has 2 fully saturated rings. The smallest absolute Gasteiger partial charge is 0.475 e. The molecule has 0 aliphatic carbocycles. The molecule has 7 nitrogen and oxygen atoms in total. The van der Waals surface area contributed by atoms with Gasteiger partial charge in [0.15, 0.2) is 0 Å². The molecule has 12 heteroatoms. The molecule has 0 saturated carbocycles. The minimum Gasteiger partial charge on any atom is -0.475 e. The van der Waals surface area contributed by atoms with Crippen LogP contribution in [0.5, 0.6) is 0 Å². The summed E-state index contributed by atoms with van der Waals surface area (Å²) in [5.74, 6) is -1.82. The highest BCUT2D eigenvalue weighted by atomic mass is 32.2. The number of hydrogen-bond donors (Lipinski definition) is 1. The van der Waals surface area contributed by atoms with Crippen LogP contribution < -0.4 is 0 Å². The van der Waals surface area contributed by atoms with Gasteiger partial charge in [-0.25, -0.2) is 13.2 Å². The number of halogens is 3. The van der Waals surface area contributed by atoms with E-state index >= 15 is 0 Å². The second-order valence-corrected chi connectivity index (χ2v) is 11.1. The summed E-state index contributed by atoms with van der Waals surface area (Å²) in [5, 5.41) is 6.78. The minimum absolute atomic E-state index is 0.0662. The van der Waals surface area contributed by atoms with Gasteiger partial charge in [-0.2, -0.15) is 17.5 Å². The molecular formula is C17H23F3N2O5S2. The summed E-state index contributed by atoms with van der Waals surface area (Å²) in [4.78, 5) is 13.2. The number of aliphatic carboxylic acids is 1.